The van der Waals surface area contributed by atoms with Crippen LogP contribution in [0, 0.1) is 27.8 Å². The first-order valence-corrected chi connectivity index (χ1v) is 10.2. The zero-order chi connectivity index (χ0) is 22.1. The van der Waals surface area contributed by atoms with Crippen LogP contribution in [-0.4, -0.2) is 52.8 Å². The Labute approximate surface area is 178 Å². The first-order valence-electron chi connectivity index (χ1n) is 10.2. The van der Waals surface area contributed by atoms with Crippen molar-refractivity contribution in [2.24, 2.45) is 11.8 Å². The maximum absolute atomic E-state index is 13.2. The van der Waals surface area contributed by atoms with Gasteiger partial charge < -0.3 is 15.1 Å². The molecular formula is C22H23FN4O4. The molecule has 2 fully saturated rings. The molecule has 1 N–H and O–H groups in total. The predicted octanol–water partition coefficient (Wildman–Crippen LogP) is 3.73. The Morgan fingerprint density at radius 3 is 2.19 bits per heavy atom. The Balaban J connectivity index is 1.49. The molecule has 2 aliphatic heterocycles. The molecule has 0 aliphatic carbocycles. The monoisotopic (exact) mass is 426 g/mol. The number of benzene rings is 2. The van der Waals surface area contributed by atoms with Crippen molar-refractivity contribution in [3.05, 3.63) is 58.4 Å². The molecule has 2 atom stereocenters. The van der Waals surface area contributed by atoms with Gasteiger partial charge in [-0.1, -0.05) is 19.1 Å². The number of likely N-dealkylation sites (tertiary alicyclic amines) is 2. The molecule has 2 aromatic carbocycles. The second kappa shape index (κ2) is 8.33. The van der Waals surface area contributed by atoms with Crippen LogP contribution in [0.1, 0.15) is 13.3 Å². The Kier molecular flexibility index (Phi) is 5.58. The number of rotatable bonds is 4. The first-order chi connectivity index (χ1) is 14.9. The average Bonchev–Trinajstić information content (AvgIpc) is 3.33. The van der Waals surface area contributed by atoms with Gasteiger partial charge in [-0.3, -0.25) is 14.9 Å². The van der Waals surface area contributed by atoms with Crippen molar-refractivity contribution in [2.75, 3.05) is 31.5 Å². The van der Waals surface area contributed by atoms with Crippen molar-refractivity contribution in [3.63, 3.8) is 0 Å². The van der Waals surface area contributed by atoms with Gasteiger partial charge in [0, 0.05) is 50.5 Å². The SMILES string of the molecule is CCC(=O)N1CC2CN(C(=O)Nc3cc(-c4ccc(F)cc4)ccc3[N+](=O)[O-])CC2C1. The Morgan fingerprint density at radius 1 is 1.03 bits per heavy atom. The normalized spacial score (nSPS) is 19.9. The van der Waals surface area contributed by atoms with Gasteiger partial charge in [-0.25, -0.2) is 9.18 Å². The minimum Gasteiger partial charge on any atom is -0.342 e. The summed E-state index contributed by atoms with van der Waals surface area (Å²) in [6, 6.07) is 9.81. The van der Waals surface area contributed by atoms with E-state index in [1.165, 1.54) is 24.3 Å². The van der Waals surface area contributed by atoms with Crippen LogP contribution in [0.2, 0.25) is 0 Å². The summed E-state index contributed by atoms with van der Waals surface area (Å²) in [5, 5.41) is 14.1. The number of amides is 3. The number of halogens is 1. The van der Waals surface area contributed by atoms with E-state index < -0.39 is 11.0 Å². The molecule has 0 saturated carbocycles. The Hall–Kier alpha value is -3.49. The summed E-state index contributed by atoms with van der Waals surface area (Å²) in [6.45, 7) is 4.14. The molecule has 162 valence electrons. The summed E-state index contributed by atoms with van der Waals surface area (Å²) in [5.74, 6) is 0.195. The zero-order valence-corrected chi connectivity index (χ0v) is 17.1. The van der Waals surface area contributed by atoms with E-state index in [0.717, 1.165) is 0 Å². The third-order valence-electron chi connectivity index (χ3n) is 6.04. The van der Waals surface area contributed by atoms with Crippen LogP contribution in [-0.2, 0) is 4.79 Å². The van der Waals surface area contributed by atoms with Gasteiger partial charge in [0.1, 0.15) is 11.5 Å². The van der Waals surface area contributed by atoms with Crippen molar-refractivity contribution >= 4 is 23.3 Å². The lowest BCUT2D eigenvalue weighted by molar-refractivity contribution is -0.383. The predicted molar refractivity (Wildman–Crippen MR) is 113 cm³/mol. The van der Waals surface area contributed by atoms with Crippen LogP contribution in [0.5, 0.6) is 0 Å². The fourth-order valence-corrected chi connectivity index (χ4v) is 4.40. The van der Waals surface area contributed by atoms with E-state index in [1.54, 1.807) is 23.1 Å². The van der Waals surface area contributed by atoms with Crippen LogP contribution in [0.4, 0.5) is 20.6 Å². The number of nitro groups is 1. The zero-order valence-electron chi connectivity index (χ0n) is 17.1. The number of nitrogens with zero attached hydrogens (tertiary/aromatic N) is 3. The summed E-state index contributed by atoms with van der Waals surface area (Å²) < 4.78 is 13.2. The van der Waals surface area contributed by atoms with E-state index in [0.29, 0.717) is 43.7 Å². The molecule has 9 heteroatoms. The van der Waals surface area contributed by atoms with E-state index in [4.69, 9.17) is 0 Å². The molecule has 0 spiro atoms. The van der Waals surface area contributed by atoms with E-state index in [9.17, 15) is 24.1 Å². The average molecular weight is 426 g/mol. The standard InChI is InChI=1S/C22H23FN4O4/c1-2-21(28)25-10-16-12-26(13-17(16)11-25)22(29)24-19-9-15(5-8-20(19)27(30)31)14-3-6-18(23)7-4-14/h3-9,16-17H,2,10-13H2,1H3,(H,24,29). The Morgan fingerprint density at radius 2 is 1.61 bits per heavy atom. The molecule has 4 rings (SSSR count). The molecule has 2 aliphatic rings. The molecule has 31 heavy (non-hydrogen) atoms. The number of nitrogens with one attached hydrogen (secondary N) is 1. The second-order valence-corrected chi connectivity index (χ2v) is 8.00. The fourth-order valence-electron chi connectivity index (χ4n) is 4.40. The number of hydrogen-bond acceptors (Lipinski definition) is 4. The van der Waals surface area contributed by atoms with Crippen molar-refractivity contribution in [1.29, 1.82) is 0 Å². The summed E-state index contributed by atoms with van der Waals surface area (Å²) in [5.41, 5.74) is 1.20. The highest BCUT2D eigenvalue weighted by Crippen LogP contribution is 2.34. The van der Waals surface area contributed by atoms with Gasteiger partial charge in [-0.15, -0.1) is 0 Å². The molecule has 8 nitrogen and oxygen atoms in total. The number of fused-ring (bicyclic) bond motifs is 1. The maximum Gasteiger partial charge on any atom is 0.322 e. The van der Waals surface area contributed by atoms with Crippen LogP contribution >= 0.6 is 0 Å². The van der Waals surface area contributed by atoms with Crippen molar-refractivity contribution < 1.29 is 18.9 Å². The van der Waals surface area contributed by atoms with Crippen LogP contribution < -0.4 is 5.32 Å². The minimum absolute atomic E-state index is 0.0941. The van der Waals surface area contributed by atoms with Crippen LogP contribution in [0.15, 0.2) is 42.5 Å². The highest BCUT2D eigenvalue weighted by atomic mass is 19.1. The van der Waals surface area contributed by atoms with Gasteiger partial charge in [0.15, 0.2) is 0 Å². The summed E-state index contributed by atoms with van der Waals surface area (Å²) in [4.78, 5) is 39.2. The largest absolute Gasteiger partial charge is 0.342 e. The quantitative estimate of drug-likeness (QED) is 0.595. The number of urea groups is 1. The fraction of sp³-hybridized carbons (Fsp3) is 0.364. The summed E-state index contributed by atoms with van der Waals surface area (Å²) in [6.07, 6.45) is 0.470. The number of nitro benzene ring substituents is 1. The summed E-state index contributed by atoms with van der Waals surface area (Å²) in [7, 11) is 0. The van der Waals surface area contributed by atoms with Gasteiger partial charge in [0.2, 0.25) is 5.91 Å². The number of carbonyl (C=O) groups excluding carboxylic acids is 2. The molecule has 2 heterocycles. The van der Waals surface area contributed by atoms with Crippen LogP contribution in [0.25, 0.3) is 11.1 Å². The molecule has 2 saturated heterocycles. The lowest BCUT2D eigenvalue weighted by Gasteiger charge is -2.22. The molecule has 3 amide bonds. The smallest absolute Gasteiger partial charge is 0.322 e. The molecule has 0 bridgehead atoms. The third-order valence-corrected chi connectivity index (χ3v) is 6.04. The highest BCUT2D eigenvalue weighted by Gasteiger charge is 2.42. The van der Waals surface area contributed by atoms with Gasteiger partial charge in [0.25, 0.3) is 5.69 Å². The van der Waals surface area contributed by atoms with Gasteiger partial charge >= 0.3 is 6.03 Å². The van der Waals surface area contributed by atoms with Crippen molar-refractivity contribution in [2.45, 2.75) is 13.3 Å². The van der Waals surface area contributed by atoms with Crippen molar-refractivity contribution in [3.8, 4) is 11.1 Å². The molecule has 0 radical (unpaired) electrons. The van der Waals surface area contributed by atoms with E-state index >= 15 is 0 Å². The van der Waals surface area contributed by atoms with Gasteiger partial charge in [-0.05, 0) is 35.4 Å². The topological polar surface area (TPSA) is 95.8 Å². The second-order valence-electron chi connectivity index (χ2n) is 8.00. The molecular weight excluding hydrogens is 403 g/mol. The molecule has 2 unspecified atom stereocenters. The highest BCUT2D eigenvalue weighted by molar-refractivity contribution is 5.93. The first kappa shape index (κ1) is 20.8. The maximum atomic E-state index is 13.2. The number of anilines is 1. The lowest BCUT2D eigenvalue weighted by Crippen LogP contribution is -2.37. The number of hydrogen-bond donors (Lipinski definition) is 1. The lowest BCUT2D eigenvalue weighted by atomic mass is 10.0. The van der Waals surface area contributed by atoms with E-state index in [2.05, 4.69) is 5.32 Å². The van der Waals surface area contributed by atoms with Crippen LogP contribution in [0.3, 0.4) is 0 Å². The van der Waals surface area contributed by atoms with Gasteiger partial charge in [0.05, 0.1) is 4.92 Å². The molecule has 0 aromatic heterocycles. The third kappa shape index (κ3) is 4.21. The summed E-state index contributed by atoms with van der Waals surface area (Å²) >= 11 is 0. The van der Waals surface area contributed by atoms with Gasteiger partial charge in [-0.2, -0.15) is 0 Å². The Bertz CT molecular complexity index is 1010. The number of carbonyl (C=O) groups is 2. The van der Waals surface area contributed by atoms with Crippen molar-refractivity contribution in [1.82, 2.24) is 9.80 Å². The minimum atomic E-state index is -0.545. The van der Waals surface area contributed by atoms with E-state index in [-0.39, 0.29) is 34.9 Å². The molecule has 2 aromatic rings. The van der Waals surface area contributed by atoms with E-state index in [1.807, 2.05) is 11.8 Å².